The molecule has 0 bridgehead atoms. The molecule has 1 aromatic carbocycles. The number of ketones is 1. The summed E-state index contributed by atoms with van der Waals surface area (Å²) >= 11 is 1.66. The largest absolute Gasteiger partial charge is 0.504 e. The van der Waals surface area contributed by atoms with E-state index in [1.54, 1.807) is 36.5 Å². The maximum Gasteiger partial charge on any atom is 0.336 e. The number of aromatic hydroxyl groups is 1. The van der Waals surface area contributed by atoms with Gasteiger partial charge < -0.3 is 19.9 Å². The zero-order valence-electron chi connectivity index (χ0n) is 18.4. The fourth-order valence-electron chi connectivity index (χ4n) is 4.56. The highest BCUT2D eigenvalue weighted by Crippen LogP contribution is 2.47. The number of carbonyl (C=O) groups excluding carboxylic acids is 2. The Bertz CT molecular complexity index is 1100. The molecule has 168 valence electrons. The van der Waals surface area contributed by atoms with Gasteiger partial charge in [0.15, 0.2) is 17.3 Å². The van der Waals surface area contributed by atoms with Crippen LogP contribution in [0.4, 0.5) is 0 Å². The van der Waals surface area contributed by atoms with E-state index in [-0.39, 0.29) is 24.1 Å². The second-order valence-corrected chi connectivity index (χ2v) is 8.89. The molecule has 1 aliphatic heterocycles. The number of phenols is 1. The zero-order valence-corrected chi connectivity index (χ0v) is 19.3. The van der Waals surface area contributed by atoms with E-state index in [1.165, 1.54) is 4.88 Å². The van der Waals surface area contributed by atoms with E-state index < -0.39 is 11.9 Å². The number of Topliss-reactive ketones (excluding diaryl/α,β-unsaturated/α-hetero) is 1. The molecule has 1 aliphatic carbocycles. The Morgan fingerprint density at radius 1 is 1.22 bits per heavy atom. The molecule has 0 fully saturated rings. The number of thiophene rings is 1. The van der Waals surface area contributed by atoms with Crippen molar-refractivity contribution >= 4 is 23.1 Å². The van der Waals surface area contributed by atoms with Crippen LogP contribution >= 0.6 is 11.3 Å². The summed E-state index contributed by atoms with van der Waals surface area (Å²) in [5, 5.41) is 15.5. The molecule has 1 aromatic heterocycles. The highest BCUT2D eigenvalue weighted by atomic mass is 32.1. The summed E-state index contributed by atoms with van der Waals surface area (Å²) in [5.74, 6) is -0.557. The van der Waals surface area contributed by atoms with Gasteiger partial charge in [0.25, 0.3) is 0 Å². The summed E-state index contributed by atoms with van der Waals surface area (Å²) in [5.41, 5.74) is 3.26. The van der Waals surface area contributed by atoms with Crippen molar-refractivity contribution in [1.29, 1.82) is 0 Å². The SMILES string of the molecule is CCOC(=O)C1=C(C)NC2=C(C(=O)C[C@H](c3cccs3)C2)[C@H]1c1ccc(O)c(OCC)c1. The third-order valence-electron chi connectivity index (χ3n) is 5.89. The quantitative estimate of drug-likeness (QED) is 0.613. The summed E-state index contributed by atoms with van der Waals surface area (Å²) in [7, 11) is 0. The molecule has 0 saturated carbocycles. The number of nitrogens with one attached hydrogen (secondary N) is 1. The van der Waals surface area contributed by atoms with Gasteiger partial charge in [-0.2, -0.15) is 0 Å². The standard InChI is InChI=1S/C25H27NO5S/c1-4-30-20-13-15(8-9-18(20)27)23-22(25(29)31-5-2)14(3)26-17-11-16(12-19(28)24(17)23)21-7-6-10-32-21/h6-10,13,16,23,26-27H,4-5,11-12H2,1-3H3/t16-,23+/m1/s1. The third-order valence-corrected chi connectivity index (χ3v) is 6.92. The molecular weight excluding hydrogens is 426 g/mol. The maximum absolute atomic E-state index is 13.5. The molecule has 2 heterocycles. The Hall–Kier alpha value is -3.06. The van der Waals surface area contributed by atoms with E-state index in [9.17, 15) is 14.7 Å². The Morgan fingerprint density at radius 2 is 2.03 bits per heavy atom. The lowest BCUT2D eigenvalue weighted by molar-refractivity contribution is -0.138. The summed E-state index contributed by atoms with van der Waals surface area (Å²) in [6, 6.07) is 9.06. The minimum atomic E-state index is -0.582. The summed E-state index contributed by atoms with van der Waals surface area (Å²) in [6.45, 7) is 6.06. The molecule has 0 saturated heterocycles. The van der Waals surface area contributed by atoms with Crippen LogP contribution in [0.1, 0.15) is 55.9 Å². The average Bonchev–Trinajstić information content (AvgIpc) is 3.29. The molecule has 7 heteroatoms. The smallest absolute Gasteiger partial charge is 0.336 e. The summed E-state index contributed by atoms with van der Waals surface area (Å²) < 4.78 is 10.9. The zero-order chi connectivity index (χ0) is 22.8. The van der Waals surface area contributed by atoms with Crippen molar-refractivity contribution in [1.82, 2.24) is 5.32 Å². The Balaban J connectivity index is 1.83. The van der Waals surface area contributed by atoms with Gasteiger partial charge in [0.2, 0.25) is 0 Å². The van der Waals surface area contributed by atoms with Crippen molar-refractivity contribution < 1.29 is 24.2 Å². The molecule has 4 rings (SSSR count). The minimum absolute atomic E-state index is 0.0162. The van der Waals surface area contributed by atoms with E-state index in [1.807, 2.05) is 25.3 Å². The minimum Gasteiger partial charge on any atom is -0.504 e. The number of allylic oxidation sites excluding steroid dienone is 3. The number of phenolic OH excluding ortho intramolecular Hbond substituents is 1. The van der Waals surface area contributed by atoms with Crippen molar-refractivity contribution in [2.45, 2.75) is 45.4 Å². The van der Waals surface area contributed by atoms with Crippen LogP contribution < -0.4 is 10.1 Å². The van der Waals surface area contributed by atoms with Gasteiger partial charge in [-0.25, -0.2) is 4.79 Å². The number of rotatable bonds is 6. The number of benzene rings is 1. The lowest BCUT2D eigenvalue weighted by Gasteiger charge is -2.36. The first-order valence-corrected chi connectivity index (χ1v) is 11.7. The lowest BCUT2D eigenvalue weighted by atomic mass is 9.72. The van der Waals surface area contributed by atoms with Gasteiger partial charge in [0.05, 0.1) is 18.8 Å². The number of hydrogen-bond acceptors (Lipinski definition) is 7. The molecule has 0 unspecified atom stereocenters. The molecule has 0 radical (unpaired) electrons. The predicted octanol–water partition coefficient (Wildman–Crippen LogP) is 4.78. The first kappa shape index (κ1) is 22.1. The first-order valence-electron chi connectivity index (χ1n) is 10.8. The molecule has 2 N–H and O–H groups in total. The van der Waals surface area contributed by atoms with Crippen LogP contribution in [0.2, 0.25) is 0 Å². The van der Waals surface area contributed by atoms with Crippen LogP contribution in [0, 0.1) is 0 Å². The van der Waals surface area contributed by atoms with Crippen LogP contribution in [0.15, 0.2) is 58.3 Å². The highest BCUT2D eigenvalue weighted by molar-refractivity contribution is 7.10. The summed E-state index contributed by atoms with van der Waals surface area (Å²) in [4.78, 5) is 27.6. The van der Waals surface area contributed by atoms with E-state index >= 15 is 0 Å². The summed E-state index contributed by atoms with van der Waals surface area (Å²) in [6.07, 6.45) is 1.09. The van der Waals surface area contributed by atoms with Crippen molar-refractivity contribution in [3.05, 3.63) is 68.7 Å². The van der Waals surface area contributed by atoms with Gasteiger partial charge in [-0.15, -0.1) is 11.3 Å². The average molecular weight is 454 g/mol. The number of dihydropyridines is 1. The Labute approximate surface area is 191 Å². The number of esters is 1. The molecular formula is C25H27NO5S. The normalized spacial score (nSPS) is 20.7. The number of carbonyl (C=O) groups is 2. The molecule has 6 nitrogen and oxygen atoms in total. The monoisotopic (exact) mass is 453 g/mol. The Morgan fingerprint density at radius 3 is 2.72 bits per heavy atom. The topological polar surface area (TPSA) is 84.9 Å². The maximum atomic E-state index is 13.5. The number of hydrogen-bond donors (Lipinski definition) is 2. The van der Waals surface area contributed by atoms with Crippen molar-refractivity contribution in [2.24, 2.45) is 0 Å². The van der Waals surface area contributed by atoms with Gasteiger partial charge in [0, 0.05) is 40.1 Å². The second-order valence-electron chi connectivity index (χ2n) is 7.91. The second kappa shape index (κ2) is 9.20. The van der Waals surface area contributed by atoms with Crippen LogP contribution in [-0.2, 0) is 14.3 Å². The van der Waals surface area contributed by atoms with Gasteiger partial charge >= 0.3 is 5.97 Å². The van der Waals surface area contributed by atoms with Crippen molar-refractivity contribution in [2.75, 3.05) is 13.2 Å². The van der Waals surface area contributed by atoms with Gasteiger partial charge in [-0.05, 0) is 56.3 Å². The Kier molecular flexibility index (Phi) is 6.37. The van der Waals surface area contributed by atoms with E-state index in [4.69, 9.17) is 9.47 Å². The van der Waals surface area contributed by atoms with Gasteiger partial charge in [0.1, 0.15) is 0 Å². The van der Waals surface area contributed by atoms with Crippen LogP contribution in [0.5, 0.6) is 11.5 Å². The first-order chi connectivity index (χ1) is 15.4. The van der Waals surface area contributed by atoms with E-state index in [2.05, 4.69) is 11.4 Å². The predicted molar refractivity (Wildman–Crippen MR) is 123 cm³/mol. The number of ether oxygens (including phenoxy) is 2. The van der Waals surface area contributed by atoms with Crippen LogP contribution in [0.25, 0.3) is 0 Å². The van der Waals surface area contributed by atoms with E-state index in [0.29, 0.717) is 47.6 Å². The van der Waals surface area contributed by atoms with Crippen LogP contribution in [0.3, 0.4) is 0 Å². The highest BCUT2D eigenvalue weighted by Gasteiger charge is 2.41. The van der Waals surface area contributed by atoms with Crippen molar-refractivity contribution in [3.8, 4) is 11.5 Å². The van der Waals surface area contributed by atoms with E-state index in [0.717, 1.165) is 5.70 Å². The molecule has 2 aromatic rings. The van der Waals surface area contributed by atoms with Gasteiger partial charge in [-0.1, -0.05) is 12.1 Å². The fraction of sp³-hybridized carbons (Fsp3) is 0.360. The molecule has 0 amide bonds. The fourth-order valence-corrected chi connectivity index (χ4v) is 5.39. The molecule has 2 aliphatic rings. The van der Waals surface area contributed by atoms with Gasteiger partial charge in [-0.3, -0.25) is 4.79 Å². The molecule has 0 spiro atoms. The third kappa shape index (κ3) is 4.05. The van der Waals surface area contributed by atoms with Crippen molar-refractivity contribution in [3.63, 3.8) is 0 Å². The molecule has 32 heavy (non-hydrogen) atoms. The lowest BCUT2D eigenvalue weighted by Crippen LogP contribution is -2.36. The molecule has 2 atom stereocenters. The van der Waals surface area contributed by atoms with Crippen LogP contribution in [-0.4, -0.2) is 30.1 Å².